The molecular formula is HBFO3P. The first-order valence-electron chi connectivity index (χ1n) is 0.970. The summed E-state index contributed by atoms with van der Waals surface area (Å²) >= 11 is 0. The summed E-state index contributed by atoms with van der Waals surface area (Å²) < 4.78 is 22.9. The van der Waals surface area contributed by atoms with Crippen molar-refractivity contribution in [2.75, 3.05) is 0 Å². The minimum atomic E-state index is -4.87. The van der Waals surface area contributed by atoms with Gasteiger partial charge in [-0.05, 0) is 0 Å². The van der Waals surface area contributed by atoms with Crippen LogP contribution < -0.4 is 0 Å². The molecule has 0 bridgehead atoms. The van der Waals surface area contributed by atoms with E-state index in [-0.39, 0.29) is 0 Å². The van der Waals surface area contributed by atoms with E-state index >= 15 is 0 Å². The summed E-state index contributed by atoms with van der Waals surface area (Å²) in [6.07, 6.45) is 0. The average molecular weight is 110 g/mol. The van der Waals surface area contributed by atoms with E-state index in [0.29, 0.717) is 0 Å². The van der Waals surface area contributed by atoms with Gasteiger partial charge in [0.1, 0.15) is 0 Å². The predicted octanol–water partition coefficient (Wildman–Crippen LogP) is 0.156. The summed E-state index contributed by atoms with van der Waals surface area (Å²) in [6.45, 7) is 0. The molecule has 0 saturated heterocycles. The lowest BCUT2D eigenvalue weighted by molar-refractivity contribution is 0.341. The second-order valence-corrected chi connectivity index (χ2v) is 1.67. The van der Waals surface area contributed by atoms with Gasteiger partial charge >= 0.3 is 7.91 Å². The molecule has 0 saturated carbocycles. The quantitative estimate of drug-likeness (QED) is 0.386. The standard InChI is InChI=1S/BFHO3P/c1-5-6(2,3)4/h(H,3,4). The fraction of sp³-hybridized carbons (Fsp3) is 0. The number of hydrogen-bond acceptors (Lipinski definition) is 2. The van der Waals surface area contributed by atoms with Crippen molar-refractivity contribution < 1.29 is 18.1 Å². The molecule has 0 amide bonds. The van der Waals surface area contributed by atoms with Crippen molar-refractivity contribution in [2.24, 2.45) is 0 Å². The van der Waals surface area contributed by atoms with Crippen molar-refractivity contribution in [2.45, 2.75) is 0 Å². The topological polar surface area (TPSA) is 46.5 Å². The van der Waals surface area contributed by atoms with Crippen LogP contribution in [0.3, 0.4) is 0 Å². The van der Waals surface area contributed by atoms with E-state index in [1.54, 1.807) is 0 Å². The molecule has 0 fully saturated rings. The van der Waals surface area contributed by atoms with Gasteiger partial charge in [-0.2, -0.15) is 0 Å². The Morgan fingerprint density at radius 1 is 2.00 bits per heavy atom. The third-order valence-corrected chi connectivity index (χ3v) is 0.390. The molecule has 0 heterocycles. The summed E-state index contributed by atoms with van der Waals surface area (Å²) in [7, 11) is -0.951. The minimum absolute atomic E-state index is 2.88. The molecule has 3 nitrogen and oxygen atoms in total. The maximum absolute atomic E-state index is 10.9. The van der Waals surface area contributed by atoms with Gasteiger partial charge in [0.05, 0.1) is 0 Å². The van der Waals surface area contributed by atoms with Crippen LogP contribution in [0.2, 0.25) is 0 Å². The molecule has 1 unspecified atom stereocenters. The zero-order valence-corrected chi connectivity index (χ0v) is 3.56. The Morgan fingerprint density at radius 2 is 2.17 bits per heavy atom. The minimum Gasteiger partial charge on any atom is -0.359 e. The lowest BCUT2D eigenvalue weighted by Gasteiger charge is -1.90. The van der Waals surface area contributed by atoms with Crippen LogP contribution in [0.5, 0.6) is 0 Å². The molecule has 6 heavy (non-hydrogen) atoms. The third kappa shape index (κ3) is 4.14. The van der Waals surface area contributed by atoms with Gasteiger partial charge in [-0.3, -0.25) is 0 Å². The van der Waals surface area contributed by atoms with Crippen molar-refractivity contribution in [3.8, 4) is 0 Å². The van der Waals surface area contributed by atoms with Crippen LogP contribution in [0.4, 0.5) is 4.20 Å². The normalized spacial score (nSPS) is 19.7. The fourth-order valence-corrected chi connectivity index (χ4v) is 0. The third-order valence-electron chi connectivity index (χ3n) is 0.130. The summed E-state index contributed by atoms with van der Waals surface area (Å²) in [5.41, 5.74) is 0. The maximum atomic E-state index is 10.9. The van der Waals surface area contributed by atoms with E-state index in [4.69, 9.17) is 9.46 Å². The highest BCUT2D eigenvalue weighted by molar-refractivity contribution is 7.47. The van der Waals surface area contributed by atoms with E-state index in [2.05, 4.69) is 12.5 Å². The Balaban J connectivity index is 3.48. The molecule has 0 aliphatic heterocycles. The molecule has 1 N–H and O–H groups in total. The Labute approximate surface area is 35.2 Å². The SMILES string of the molecule is [B]OP(=O)(O)F. The molecule has 2 radical (unpaired) electrons. The van der Waals surface area contributed by atoms with Gasteiger partial charge in [0.25, 0.3) is 8.05 Å². The number of rotatable bonds is 1. The average Bonchev–Trinajstić information content (AvgIpc) is 1.35. The largest absolute Gasteiger partial charge is 0.495 e. The summed E-state index contributed by atoms with van der Waals surface area (Å²) in [4.78, 5) is 7.37. The fourth-order valence-electron chi connectivity index (χ4n) is 0. The first kappa shape index (κ1) is 6.14. The van der Waals surface area contributed by atoms with Gasteiger partial charge < -0.3 is 9.33 Å². The second-order valence-electron chi connectivity index (χ2n) is 0.557. The van der Waals surface area contributed by atoms with E-state index in [1.165, 1.54) is 0 Å². The van der Waals surface area contributed by atoms with Gasteiger partial charge in [-0.15, -0.1) is 4.20 Å². The van der Waals surface area contributed by atoms with Gasteiger partial charge in [-0.25, -0.2) is 4.57 Å². The van der Waals surface area contributed by atoms with Gasteiger partial charge in [0.15, 0.2) is 0 Å². The Hall–Kier alpha value is 0.145. The van der Waals surface area contributed by atoms with Crippen molar-refractivity contribution in [3.63, 3.8) is 0 Å². The first-order valence-corrected chi connectivity index (χ1v) is 2.44. The molecule has 1 atom stereocenters. The van der Waals surface area contributed by atoms with Crippen molar-refractivity contribution in [3.05, 3.63) is 0 Å². The molecular weight excluding hydrogens is 109 g/mol. The summed E-state index contributed by atoms with van der Waals surface area (Å²) in [6, 6.07) is 0. The molecule has 0 aliphatic rings. The van der Waals surface area contributed by atoms with Crippen LogP contribution >= 0.6 is 7.91 Å². The predicted molar refractivity (Wildman–Crippen MR) is 17.8 cm³/mol. The van der Waals surface area contributed by atoms with E-state index in [1.807, 2.05) is 0 Å². The van der Waals surface area contributed by atoms with Crippen molar-refractivity contribution >= 4 is 16.0 Å². The van der Waals surface area contributed by atoms with Crippen molar-refractivity contribution in [1.29, 1.82) is 0 Å². The monoisotopic (exact) mass is 110 g/mol. The lowest BCUT2D eigenvalue weighted by Crippen LogP contribution is -1.72. The van der Waals surface area contributed by atoms with Crippen LogP contribution in [0, 0.1) is 0 Å². The van der Waals surface area contributed by atoms with Gasteiger partial charge in [-0.1, -0.05) is 0 Å². The zero-order valence-electron chi connectivity index (χ0n) is 2.67. The van der Waals surface area contributed by atoms with Gasteiger partial charge in [0.2, 0.25) is 0 Å². The Bertz CT molecular complexity index is 74.9. The second kappa shape index (κ2) is 1.73. The molecule has 0 spiro atoms. The lowest BCUT2D eigenvalue weighted by atomic mass is 10.6. The maximum Gasteiger partial charge on any atom is 0.495 e. The van der Waals surface area contributed by atoms with Crippen LogP contribution in [0.25, 0.3) is 0 Å². The molecule has 0 aliphatic carbocycles. The van der Waals surface area contributed by atoms with E-state index < -0.39 is 7.91 Å². The highest BCUT2D eigenvalue weighted by Crippen LogP contribution is 2.41. The molecule has 0 aromatic carbocycles. The van der Waals surface area contributed by atoms with Crippen molar-refractivity contribution in [1.82, 2.24) is 0 Å². The van der Waals surface area contributed by atoms with E-state index in [9.17, 15) is 4.20 Å². The highest BCUT2D eigenvalue weighted by atomic mass is 31.2. The van der Waals surface area contributed by atoms with Gasteiger partial charge in [0, 0.05) is 0 Å². The first-order chi connectivity index (χ1) is 2.56. The van der Waals surface area contributed by atoms with Crippen LogP contribution in [0.15, 0.2) is 0 Å². The molecule has 0 rings (SSSR count). The van der Waals surface area contributed by atoms with Crippen LogP contribution in [0.1, 0.15) is 0 Å². The van der Waals surface area contributed by atoms with E-state index in [0.717, 1.165) is 0 Å². The van der Waals surface area contributed by atoms with Crippen LogP contribution in [-0.4, -0.2) is 12.9 Å². The summed E-state index contributed by atoms with van der Waals surface area (Å²) in [5, 5.41) is 0. The number of hydrogen-bond donors (Lipinski definition) is 1. The zero-order chi connectivity index (χ0) is 5.21. The molecule has 0 aromatic heterocycles. The summed E-state index contributed by atoms with van der Waals surface area (Å²) in [5.74, 6) is 0. The molecule has 6 heteroatoms. The highest BCUT2D eigenvalue weighted by Gasteiger charge is 2.10. The number of halogens is 1. The Morgan fingerprint density at radius 3 is 2.17 bits per heavy atom. The smallest absolute Gasteiger partial charge is 0.359 e. The molecule has 34 valence electrons. The Kier molecular flexibility index (Phi) is 1.77. The molecule has 0 aromatic rings. The van der Waals surface area contributed by atoms with Crippen LogP contribution in [-0.2, 0) is 9.01 Å².